The van der Waals surface area contributed by atoms with Crippen LogP contribution in [0.2, 0.25) is 5.02 Å². The van der Waals surface area contributed by atoms with Gasteiger partial charge in [-0.2, -0.15) is 0 Å². The smallest absolute Gasteiger partial charge is 0.240 e. The maximum atomic E-state index is 12.5. The third kappa shape index (κ3) is 4.19. The van der Waals surface area contributed by atoms with Gasteiger partial charge in [-0.3, -0.25) is 4.79 Å². The highest BCUT2D eigenvalue weighted by atomic mass is 35.5. The highest BCUT2D eigenvalue weighted by Gasteiger charge is 2.36. The molecule has 0 bridgehead atoms. The lowest BCUT2D eigenvalue weighted by Gasteiger charge is -2.27. The molecular weight excluding hydrogens is 288 g/mol. The minimum Gasteiger partial charge on any atom is -0.385 e. The molecule has 2 unspecified atom stereocenters. The molecule has 5 heteroatoms. The summed E-state index contributed by atoms with van der Waals surface area (Å²) in [5, 5.41) is 7.13. The van der Waals surface area contributed by atoms with Gasteiger partial charge in [0.05, 0.1) is 11.6 Å². The van der Waals surface area contributed by atoms with Gasteiger partial charge in [0.15, 0.2) is 0 Å². The topological polar surface area (TPSA) is 50.4 Å². The van der Waals surface area contributed by atoms with E-state index in [0.717, 1.165) is 31.4 Å². The first kappa shape index (κ1) is 16.3. The maximum Gasteiger partial charge on any atom is 0.240 e. The van der Waals surface area contributed by atoms with Crippen LogP contribution in [0.25, 0.3) is 0 Å². The van der Waals surface area contributed by atoms with E-state index in [1.54, 1.807) is 7.11 Å². The Hall–Kier alpha value is -1.10. The van der Waals surface area contributed by atoms with Crippen LogP contribution in [-0.4, -0.2) is 31.7 Å². The van der Waals surface area contributed by atoms with Gasteiger partial charge in [0.2, 0.25) is 5.91 Å². The fraction of sp³-hybridized carbons (Fsp3) is 0.562. The number of benzene rings is 1. The molecule has 1 saturated heterocycles. The lowest BCUT2D eigenvalue weighted by molar-refractivity contribution is -0.127. The fourth-order valence-corrected chi connectivity index (χ4v) is 2.78. The summed E-state index contributed by atoms with van der Waals surface area (Å²) >= 11 is 5.93. The number of rotatable bonds is 6. The predicted octanol–water partition coefficient (Wildman–Crippen LogP) is 2.68. The number of carbonyl (C=O) groups is 1. The second-order valence-electron chi connectivity index (χ2n) is 5.72. The molecule has 0 aliphatic carbocycles. The van der Waals surface area contributed by atoms with Gasteiger partial charge in [0.25, 0.3) is 0 Å². The van der Waals surface area contributed by atoms with Crippen molar-refractivity contribution in [3.8, 4) is 0 Å². The number of hydrogen-bond donors (Lipinski definition) is 2. The fourth-order valence-electron chi connectivity index (χ4n) is 2.66. The zero-order valence-corrected chi connectivity index (χ0v) is 13.4. The van der Waals surface area contributed by atoms with Crippen molar-refractivity contribution in [2.24, 2.45) is 0 Å². The Morgan fingerprint density at radius 2 is 2.19 bits per heavy atom. The van der Waals surface area contributed by atoms with Gasteiger partial charge in [-0.1, -0.05) is 23.7 Å². The zero-order valence-electron chi connectivity index (χ0n) is 12.6. The third-order valence-electron chi connectivity index (χ3n) is 4.06. The molecule has 1 fully saturated rings. The summed E-state index contributed by atoms with van der Waals surface area (Å²) in [6, 6.07) is 7.53. The standard InChI is InChI=1S/C16H23ClN2O2/c1-16(9-3-10-18-16)15(20)19-14(8-11-21-2)12-4-6-13(17)7-5-12/h4-7,14,18H,3,8-11H2,1-2H3,(H,19,20). The number of methoxy groups -OCH3 is 1. The van der Waals surface area contributed by atoms with Crippen molar-refractivity contribution < 1.29 is 9.53 Å². The van der Waals surface area contributed by atoms with Crippen molar-refractivity contribution in [3.05, 3.63) is 34.9 Å². The Labute approximate surface area is 131 Å². The Morgan fingerprint density at radius 3 is 2.76 bits per heavy atom. The van der Waals surface area contributed by atoms with Crippen molar-refractivity contribution in [2.45, 2.75) is 37.8 Å². The molecule has 1 aromatic rings. The summed E-state index contributed by atoms with van der Waals surface area (Å²) in [5.74, 6) is 0.0519. The molecule has 0 radical (unpaired) electrons. The Balaban J connectivity index is 2.08. The van der Waals surface area contributed by atoms with Crippen LogP contribution in [0.5, 0.6) is 0 Å². The molecule has 116 valence electrons. The van der Waals surface area contributed by atoms with Crippen LogP contribution < -0.4 is 10.6 Å². The van der Waals surface area contributed by atoms with Crippen LogP contribution in [-0.2, 0) is 9.53 Å². The first-order valence-electron chi connectivity index (χ1n) is 7.35. The average Bonchev–Trinajstić information content (AvgIpc) is 2.92. The van der Waals surface area contributed by atoms with Crippen LogP contribution in [0.4, 0.5) is 0 Å². The van der Waals surface area contributed by atoms with Gasteiger partial charge in [-0.15, -0.1) is 0 Å². The first-order valence-corrected chi connectivity index (χ1v) is 7.73. The Kier molecular flexibility index (Phi) is 5.62. The molecule has 1 amide bonds. The zero-order chi connectivity index (χ0) is 15.3. The van der Waals surface area contributed by atoms with E-state index in [9.17, 15) is 4.79 Å². The predicted molar refractivity (Wildman–Crippen MR) is 84.5 cm³/mol. The number of carbonyl (C=O) groups excluding carboxylic acids is 1. The highest BCUT2D eigenvalue weighted by Crippen LogP contribution is 2.23. The van der Waals surface area contributed by atoms with Gasteiger partial charge in [0, 0.05) is 18.7 Å². The molecule has 2 atom stereocenters. The maximum absolute atomic E-state index is 12.5. The minimum absolute atomic E-state index is 0.0519. The number of amides is 1. The molecule has 1 aliphatic heterocycles. The second kappa shape index (κ2) is 7.25. The third-order valence-corrected chi connectivity index (χ3v) is 4.31. The van der Waals surface area contributed by atoms with E-state index in [1.807, 2.05) is 31.2 Å². The molecule has 0 aromatic heterocycles. The molecule has 2 rings (SSSR count). The summed E-state index contributed by atoms with van der Waals surface area (Å²) < 4.78 is 5.16. The van der Waals surface area contributed by atoms with Crippen LogP contribution in [0.3, 0.4) is 0 Å². The largest absolute Gasteiger partial charge is 0.385 e. The molecule has 1 aromatic carbocycles. The van der Waals surface area contributed by atoms with Crippen molar-refractivity contribution >= 4 is 17.5 Å². The van der Waals surface area contributed by atoms with E-state index in [0.29, 0.717) is 11.6 Å². The summed E-state index contributed by atoms with van der Waals surface area (Å²) in [5.41, 5.74) is 0.587. The van der Waals surface area contributed by atoms with Crippen LogP contribution in [0.15, 0.2) is 24.3 Å². The number of halogens is 1. The molecule has 2 N–H and O–H groups in total. The molecule has 4 nitrogen and oxygen atoms in total. The molecule has 21 heavy (non-hydrogen) atoms. The Bertz CT molecular complexity index is 470. The Morgan fingerprint density at radius 1 is 1.48 bits per heavy atom. The highest BCUT2D eigenvalue weighted by molar-refractivity contribution is 6.30. The van der Waals surface area contributed by atoms with Crippen molar-refractivity contribution in [3.63, 3.8) is 0 Å². The van der Waals surface area contributed by atoms with E-state index < -0.39 is 5.54 Å². The molecular formula is C16H23ClN2O2. The summed E-state index contributed by atoms with van der Waals surface area (Å²) in [7, 11) is 1.67. The number of ether oxygens (including phenoxy) is 1. The number of hydrogen-bond acceptors (Lipinski definition) is 3. The molecule has 0 saturated carbocycles. The van der Waals surface area contributed by atoms with Gasteiger partial charge >= 0.3 is 0 Å². The van der Waals surface area contributed by atoms with Crippen molar-refractivity contribution in [2.75, 3.05) is 20.3 Å². The first-order chi connectivity index (χ1) is 10.0. The quantitative estimate of drug-likeness (QED) is 0.849. The van der Waals surface area contributed by atoms with E-state index in [4.69, 9.17) is 16.3 Å². The number of nitrogens with one attached hydrogen (secondary N) is 2. The monoisotopic (exact) mass is 310 g/mol. The van der Waals surface area contributed by atoms with E-state index >= 15 is 0 Å². The van der Waals surface area contributed by atoms with E-state index in [-0.39, 0.29) is 11.9 Å². The lowest BCUT2D eigenvalue weighted by Crippen LogP contribution is -2.52. The summed E-state index contributed by atoms with van der Waals surface area (Å²) in [6.45, 7) is 3.45. The second-order valence-corrected chi connectivity index (χ2v) is 6.16. The average molecular weight is 311 g/mol. The van der Waals surface area contributed by atoms with Gasteiger partial charge < -0.3 is 15.4 Å². The van der Waals surface area contributed by atoms with Gasteiger partial charge in [0.1, 0.15) is 0 Å². The van der Waals surface area contributed by atoms with Crippen LogP contribution in [0, 0.1) is 0 Å². The van der Waals surface area contributed by atoms with E-state index in [1.165, 1.54) is 0 Å². The van der Waals surface area contributed by atoms with Gasteiger partial charge in [-0.25, -0.2) is 0 Å². The summed E-state index contributed by atoms with van der Waals surface area (Å²) in [4.78, 5) is 12.5. The van der Waals surface area contributed by atoms with E-state index in [2.05, 4.69) is 10.6 Å². The lowest BCUT2D eigenvalue weighted by atomic mass is 9.97. The molecule has 1 aliphatic rings. The summed E-state index contributed by atoms with van der Waals surface area (Å²) in [6.07, 6.45) is 2.64. The molecule has 1 heterocycles. The SMILES string of the molecule is COCCC(NC(=O)C1(C)CCCN1)c1ccc(Cl)cc1. The van der Waals surface area contributed by atoms with Crippen molar-refractivity contribution in [1.29, 1.82) is 0 Å². The normalized spacial score (nSPS) is 23.0. The minimum atomic E-state index is -0.461. The van der Waals surface area contributed by atoms with Gasteiger partial charge in [-0.05, 0) is 50.4 Å². The van der Waals surface area contributed by atoms with Crippen LogP contribution >= 0.6 is 11.6 Å². The van der Waals surface area contributed by atoms with Crippen molar-refractivity contribution in [1.82, 2.24) is 10.6 Å². The van der Waals surface area contributed by atoms with Crippen LogP contribution in [0.1, 0.15) is 37.8 Å². The molecule has 0 spiro atoms.